The Bertz CT molecular complexity index is 897. The molecule has 5 nitrogen and oxygen atoms in total. The van der Waals surface area contributed by atoms with E-state index in [1.54, 1.807) is 0 Å². The van der Waals surface area contributed by atoms with Gasteiger partial charge in [0, 0.05) is 35.2 Å². The van der Waals surface area contributed by atoms with Gasteiger partial charge in [0.1, 0.15) is 5.75 Å². The summed E-state index contributed by atoms with van der Waals surface area (Å²) in [6.07, 6.45) is 3.30. The molecule has 2 aliphatic heterocycles. The van der Waals surface area contributed by atoms with E-state index in [4.69, 9.17) is 4.74 Å². The van der Waals surface area contributed by atoms with Crippen molar-refractivity contribution in [1.29, 1.82) is 0 Å². The lowest BCUT2D eigenvalue weighted by Gasteiger charge is -2.18. The Labute approximate surface area is 166 Å². The van der Waals surface area contributed by atoms with Crippen LogP contribution >= 0.6 is 15.9 Å². The fourth-order valence-corrected chi connectivity index (χ4v) is 4.04. The van der Waals surface area contributed by atoms with E-state index >= 15 is 0 Å². The highest BCUT2D eigenvalue weighted by Crippen LogP contribution is 2.31. The molecule has 0 aliphatic carbocycles. The number of nitrogens with zero attached hydrogens (tertiary/aromatic N) is 1. The average molecular weight is 429 g/mol. The number of nitrogens with one attached hydrogen (secondary N) is 1. The zero-order valence-corrected chi connectivity index (χ0v) is 16.5. The van der Waals surface area contributed by atoms with Gasteiger partial charge in [0.15, 0.2) is 0 Å². The van der Waals surface area contributed by atoms with Crippen LogP contribution in [0.3, 0.4) is 0 Å². The zero-order chi connectivity index (χ0) is 18.8. The van der Waals surface area contributed by atoms with Crippen LogP contribution in [0.5, 0.6) is 5.75 Å². The van der Waals surface area contributed by atoms with Gasteiger partial charge in [-0.15, -0.1) is 0 Å². The topological polar surface area (TPSA) is 58.6 Å². The normalized spacial score (nSPS) is 15.1. The molecule has 0 radical (unpaired) electrons. The summed E-state index contributed by atoms with van der Waals surface area (Å²) in [4.78, 5) is 25.8. The first-order valence-electron chi connectivity index (χ1n) is 9.24. The second-order valence-corrected chi connectivity index (χ2v) is 7.80. The van der Waals surface area contributed by atoms with Crippen molar-refractivity contribution in [2.75, 3.05) is 23.4 Å². The molecular weight excluding hydrogens is 408 g/mol. The molecule has 140 valence electrons. The van der Waals surface area contributed by atoms with E-state index in [9.17, 15) is 9.59 Å². The molecule has 4 rings (SSSR count). The number of carbonyl (C=O) groups is 2. The number of carbonyl (C=O) groups excluding carboxylic acids is 2. The van der Waals surface area contributed by atoms with Crippen molar-refractivity contribution in [3.8, 4) is 5.75 Å². The number of hydrogen-bond donors (Lipinski definition) is 1. The van der Waals surface area contributed by atoms with Crippen LogP contribution in [-0.4, -0.2) is 25.0 Å². The summed E-state index contributed by atoms with van der Waals surface area (Å²) in [6, 6.07) is 11.8. The summed E-state index contributed by atoms with van der Waals surface area (Å²) in [5.41, 5.74) is 4.21. The lowest BCUT2D eigenvalue weighted by molar-refractivity contribution is -0.119. The molecule has 6 heteroatoms. The quantitative estimate of drug-likeness (QED) is 0.729. The van der Waals surface area contributed by atoms with Gasteiger partial charge in [0.25, 0.3) is 0 Å². The van der Waals surface area contributed by atoms with Crippen molar-refractivity contribution in [2.45, 2.75) is 32.1 Å². The molecule has 0 spiro atoms. The minimum Gasteiger partial charge on any atom is -0.494 e. The maximum atomic E-state index is 12.5. The molecule has 27 heavy (non-hydrogen) atoms. The predicted octanol–water partition coefficient (Wildman–Crippen LogP) is 4.08. The average Bonchev–Trinajstić information content (AvgIpc) is 3.08. The molecule has 0 fully saturated rings. The van der Waals surface area contributed by atoms with Crippen molar-refractivity contribution < 1.29 is 14.3 Å². The highest BCUT2D eigenvalue weighted by molar-refractivity contribution is 9.10. The van der Waals surface area contributed by atoms with Gasteiger partial charge in [-0.25, -0.2) is 0 Å². The molecule has 0 bridgehead atoms. The van der Waals surface area contributed by atoms with Gasteiger partial charge < -0.3 is 15.0 Å². The van der Waals surface area contributed by atoms with Crippen molar-refractivity contribution in [3.05, 3.63) is 52.0 Å². The highest BCUT2D eigenvalue weighted by atomic mass is 79.9. The van der Waals surface area contributed by atoms with Crippen LogP contribution in [0.15, 0.2) is 40.9 Å². The third kappa shape index (κ3) is 4.00. The number of rotatable bonds is 5. The summed E-state index contributed by atoms with van der Waals surface area (Å²) < 4.78 is 6.86. The van der Waals surface area contributed by atoms with Gasteiger partial charge in [-0.3, -0.25) is 9.59 Å². The second-order valence-electron chi connectivity index (χ2n) is 6.89. The number of benzene rings is 2. The molecule has 2 aliphatic rings. The first-order valence-corrected chi connectivity index (χ1v) is 10.0. The number of amides is 2. The Morgan fingerprint density at radius 3 is 2.89 bits per heavy atom. The maximum absolute atomic E-state index is 12.5. The Balaban J connectivity index is 1.27. The number of aryl methyl sites for hydroxylation is 1. The Morgan fingerprint density at radius 2 is 2.00 bits per heavy atom. The van der Waals surface area contributed by atoms with Gasteiger partial charge in [0.2, 0.25) is 11.8 Å². The number of hydrogen-bond acceptors (Lipinski definition) is 3. The molecule has 2 heterocycles. The van der Waals surface area contributed by atoms with Crippen molar-refractivity contribution in [3.63, 3.8) is 0 Å². The third-order valence-corrected chi connectivity index (χ3v) is 5.51. The van der Waals surface area contributed by atoms with Crippen LogP contribution in [-0.2, 0) is 22.4 Å². The van der Waals surface area contributed by atoms with Gasteiger partial charge in [-0.05, 0) is 66.8 Å². The molecule has 2 aromatic rings. The lowest BCUT2D eigenvalue weighted by Crippen LogP contribution is -2.28. The van der Waals surface area contributed by atoms with Crippen LogP contribution < -0.4 is 15.0 Å². The number of halogens is 1. The molecule has 2 aromatic carbocycles. The lowest BCUT2D eigenvalue weighted by atomic mass is 10.0. The molecule has 0 aromatic heterocycles. The maximum Gasteiger partial charge on any atom is 0.227 e. The zero-order valence-electron chi connectivity index (χ0n) is 15.0. The Hall–Kier alpha value is -2.34. The van der Waals surface area contributed by atoms with E-state index in [-0.39, 0.29) is 11.8 Å². The molecule has 0 saturated heterocycles. The van der Waals surface area contributed by atoms with Crippen molar-refractivity contribution in [1.82, 2.24) is 0 Å². The Morgan fingerprint density at radius 1 is 1.11 bits per heavy atom. The molecular formula is C21H21BrN2O3. The number of anilines is 2. The summed E-state index contributed by atoms with van der Waals surface area (Å²) in [7, 11) is 0. The van der Waals surface area contributed by atoms with Crippen molar-refractivity contribution in [2.24, 2.45) is 0 Å². The summed E-state index contributed by atoms with van der Waals surface area (Å²) >= 11 is 3.48. The largest absolute Gasteiger partial charge is 0.494 e. The van der Waals surface area contributed by atoms with E-state index in [1.807, 2.05) is 35.2 Å². The smallest absolute Gasteiger partial charge is 0.227 e. The van der Waals surface area contributed by atoms with Gasteiger partial charge >= 0.3 is 0 Å². The highest BCUT2D eigenvalue weighted by Gasteiger charge is 2.24. The van der Waals surface area contributed by atoms with E-state index in [2.05, 4.69) is 27.3 Å². The summed E-state index contributed by atoms with van der Waals surface area (Å²) in [5, 5.41) is 2.86. The van der Waals surface area contributed by atoms with E-state index in [1.165, 1.54) is 5.56 Å². The first-order chi connectivity index (χ1) is 13.1. The SMILES string of the molecule is O=C1CCc2cc(OCCCC(=O)N3CCc4cc(Br)ccc43)ccc2N1. The molecule has 0 saturated carbocycles. The van der Waals surface area contributed by atoms with E-state index in [0.717, 1.165) is 46.5 Å². The summed E-state index contributed by atoms with van der Waals surface area (Å²) in [6.45, 7) is 1.25. The minimum atomic E-state index is 0.0607. The second kappa shape index (κ2) is 7.72. The van der Waals surface area contributed by atoms with Gasteiger partial charge in [0.05, 0.1) is 6.61 Å². The molecule has 0 atom stereocenters. The fraction of sp³-hybridized carbons (Fsp3) is 0.333. The van der Waals surface area contributed by atoms with Gasteiger partial charge in [-0.2, -0.15) is 0 Å². The van der Waals surface area contributed by atoms with E-state index < -0.39 is 0 Å². The van der Waals surface area contributed by atoms with E-state index in [0.29, 0.717) is 25.9 Å². The van der Waals surface area contributed by atoms with Crippen LogP contribution in [0.2, 0.25) is 0 Å². The fourth-order valence-electron chi connectivity index (χ4n) is 3.63. The third-order valence-electron chi connectivity index (χ3n) is 5.01. The van der Waals surface area contributed by atoms with Gasteiger partial charge in [-0.1, -0.05) is 15.9 Å². The summed E-state index contributed by atoms with van der Waals surface area (Å²) in [5.74, 6) is 0.993. The number of fused-ring (bicyclic) bond motifs is 2. The van der Waals surface area contributed by atoms with Crippen LogP contribution in [0.1, 0.15) is 30.4 Å². The minimum absolute atomic E-state index is 0.0607. The van der Waals surface area contributed by atoms with Crippen LogP contribution in [0.25, 0.3) is 0 Å². The number of ether oxygens (including phenoxy) is 1. The first kappa shape index (κ1) is 18.0. The van der Waals surface area contributed by atoms with Crippen LogP contribution in [0.4, 0.5) is 11.4 Å². The predicted molar refractivity (Wildman–Crippen MR) is 108 cm³/mol. The monoisotopic (exact) mass is 428 g/mol. The van der Waals surface area contributed by atoms with Crippen molar-refractivity contribution >= 4 is 39.1 Å². The molecule has 2 amide bonds. The van der Waals surface area contributed by atoms with Crippen LogP contribution in [0, 0.1) is 0 Å². The standard InChI is InChI=1S/C21H21BrN2O3/c22-16-4-7-19-15(12-16)9-10-24(19)21(26)2-1-11-27-17-5-6-18-14(13-17)3-8-20(25)23-18/h4-7,12-13H,1-3,8-11H2,(H,23,25). The molecule has 1 N–H and O–H groups in total. The Kier molecular flexibility index (Phi) is 5.16. The molecule has 0 unspecified atom stereocenters.